The van der Waals surface area contributed by atoms with Crippen LogP contribution in [-0.4, -0.2) is 6.10 Å². The van der Waals surface area contributed by atoms with Gasteiger partial charge in [-0.3, -0.25) is 0 Å². The fraction of sp³-hybridized carbons (Fsp3) is 0.333. The van der Waals surface area contributed by atoms with Gasteiger partial charge in [0.2, 0.25) is 0 Å². The lowest BCUT2D eigenvalue weighted by Crippen LogP contribution is -2.13. The summed E-state index contributed by atoms with van der Waals surface area (Å²) in [5.74, 6) is 0.875. The first kappa shape index (κ1) is 14.6. The van der Waals surface area contributed by atoms with E-state index in [1.54, 1.807) is 0 Å². The summed E-state index contributed by atoms with van der Waals surface area (Å²) < 4.78 is 5.73. The van der Waals surface area contributed by atoms with Crippen LogP contribution in [0.4, 0.5) is 0 Å². The largest absolute Gasteiger partial charge is 0.491 e. The molecule has 0 heterocycles. The van der Waals surface area contributed by atoms with Crippen LogP contribution in [0.2, 0.25) is 0 Å². The van der Waals surface area contributed by atoms with Crippen LogP contribution in [0.5, 0.6) is 5.75 Å². The average Bonchev–Trinajstić information content (AvgIpc) is 2.46. The summed E-state index contributed by atoms with van der Waals surface area (Å²) in [5, 5.41) is 0. The topological polar surface area (TPSA) is 35.2 Å². The van der Waals surface area contributed by atoms with E-state index in [0.717, 1.165) is 23.3 Å². The number of ether oxygens (including phenoxy) is 1. The van der Waals surface area contributed by atoms with Crippen LogP contribution in [0.25, 0.3) is 0 Å². The molecule has 1 atom stereocenters. The van der Waals surface area contributed by atoms with E-state index in [4.69, 9.17) is 10.5 Å². The molecule has 0 spiro atoms. The van der Waals surface area contributed by atoms with Gasteiger partial charge in [-0.25, -0.2) is 0 Å². The maximum absolute atomic E-state index is 6.38. The molecule has 2 aromatic carbocycles. The molecule has 2 heteroatoms. The summed E-state index contributed by atoms with van der Waals surface area (Å²) in [5.41, 5.74) is 9.92. The third-order valence-electron chi connectivity index (χ3n) is 3.31. The van der Waals surface area contributed by atoms with Gasteiger partial charge >= 0.3 is 0 Å². The highest BCUT2D eigenvalue weighted by Gasteiger charge is 2.10. The van der Waals surface area contributed by atoms with Gasteiger partial charge in [0.1, 0.15) is 5.75 Å². The Morgan fingerprint density at radius 2 is 1.65 bits per heavy atom. The minimum absolute atomic E-state index is 0.114. The van der Waals surface area contributed by atoms with Gasteiger partial charge < -0.3 is 10.5 Å². The van der Waals surface area contributed by atoms with Crippen molar-refractivity contribution < 1.29 is 4.74 Å². The maximum Gasteiger partial charge on any atom is 0.120 e. The van der Waals surface area contributed by atoms with E-state index in [1.165, 1.54) is 5.56 Å². The number of hydrogen-bond acceptors (Lipinski definition) is 2. The Labute approximate surface area is 121 Å². The Morgan fingerprint density at radius 1 is 1.00 bits per heavy atom. The third-order valence-corrected chi connectivity index (χ3v) is 3.31. The first-order valence-electron chi connectivity index (χ1n) is 7.21. The van der Waals surface area contributed by atoms with E-state index >= 15 is 0 Å². The normalized spacial score (nSPS) is 12.4. The highest BCUT2D eigenvalue weighted by atomic mass is 16.5. The van der Waals surface area contributed by atoms with Gasteiger partial charge in [-0.15, -0.1) is 0 Å². The molecular formula is C18H23NO. The van der Waals surface area contributed by atoms with E-state index in [9.17, 15) is 0 Å². The lowest BCUT2D eigenvalue weighted by molar-refractivity contribution is 0.242. The maximum atomic E-state index is 6.38. The fourth-order valence-corrected chi connectivity index (χ4v) is 2.25. The van der Waals surface area contributed by atoms with E-state index in [1.807, 2.05) is 32.0 Å². The van der Waals surface area contributed by atoms with E-state index in [-0.39, 0.29) is 12.1 Å². The van der Waals surface area contributed by atoms with Crippen LogP contribution in [-0.2, 0) is 6.42 Å². The summed E-state index contributed by atoms with van der Waals surface area (Å²) >= 11 is 0. The van der Waals surface area contributed by atoms with Crippen molar-refractivity contribution in [3.8, 4) is 5.75 Å². The predicted molar refractivity (Wildman–Crippen MR) is 84.1 cm³/mol. The van der Waals surface area contributed by atoms with E-state index in [0.29, 0.717) is 0 Å². The van der Waals surface area contributed by atoms with Gasteiger partial charge in [0, 0.05) is 0 Å². The summed E-state index contributed by atoms with van der Waals surface area (Å²) in [6.45, 7) is 6.20. The molecule has 0 aliphatic heterocycles. The summed E-state index contributed by atoms with van der Waals surface area (Å²) in [6.07, 6.45) is 1.20. The van der Waals surface area contributed by atoms with Crippen molar-refractivity contribution in [1.29, 1.82) is 0 Å². The van der Waals surface area contributed by atoms with Gasteiger partial charge in [0.05, 0.1) is 12.1 Å². The lowest BCUT2D eigenvalue weighted by atomic mass is 9.97. The van der Waals surface area contributed by atoms with Crippen LogP contribution in [0, 0.1) is 0 Å². The molecular weight excluding hydrogens is 246 g/mol. The Hall–Kier alpha value is -1.80. The molecule has 2 nitrogen and oxygen atoms in total. The number of benzene rings is 2. The first-order chi connectivity index (χ1) is 9.60. The Bertz CT molecular complexity index is 563. The molecule has 0 bridgehead atoms. The monoisotopic (exact) mass is 269 g/mol. The van der Waals surface area contributed by atoms with Gasteiger partial charge in [-0.2, -0.15) is 0 Å². The van der Waals surface area contributed by atoms with Crippen LogP contribution < -0.4 is 10.5 Å². The van der Waals surface area contributed by atoms with Gasteiger partial charge in [0.15, 0.2) is 0 Å². The molecule has 2 rings (SSSR count). The molecule has 0 fully saturated rings. The molecule has 106 valence electrons. The summed E-state index contributed by atoms with van der Waals surface area (Å²) in [4.78, 5) is 0. The van der Waals surface area contributed by atoms with Crippen LogP contribution in [0.15, 0.2) is 48.5 Å². The molecule has 0 radical (unpaired) electrons. The fourth-order valence-electron chi connectivity index (χ4n) is 2.25. The number of aryl methyl sites for hydroxylation is 1. The van der Waals surface area contributed by atoms with Crippen molar-refractivity contribution in [2.45, 2.75) is 39.3 Å². The number of rotatable bonds is 5. The molecule has 0 aromatic heterocycles. The molecule has 0 aliphatic carbocycles. The zero-order valence-corrected chi connectivity index (χ0v) is 12.5. The standard InChI is InChI=1S/C18H23NO/c1-4-14-7-5-8-15(11-14)18(19)16-9-6-10-17(12-16)20-13(2)3/h5-13,18H,4,19H2,1-3H3. The molecule has 20 heavy (non-hydrogen) atoms. The average molecular weight is 269 g/mol. The molecule has 1 unspecified atom stereocenters. The highest BCUT2D eigenvalue weighted by molar-refractivity contribution is 5.37. The second-order valence-electron chi connectivity index (χ2n) is 5.32. The van der Waals surface area contributed by atoms with Crippen LogP contribution >= 0.6 is 0 Å². The van der Waals surface area contributed by atoms with E-state index < -0.39 is 0 Å². The van der Waals surface area contributed by atoms with Gasteiger partial charge in [-0.1, -0.05) is 43.3 Å². The quantitative estimate of drug-likeness (QED) is 0.887. The van der Waals surface area contributed by atoms with Gasteiger partial charge in [-0.05, 0) is 49.1 Å². The molecule has 2 aromatic rings. The van der Waals surface area contributed by atoms with Crippen LogP contribution in [0.1, 0.15) is 43.5 Å². The first-order valence-corrected chi connectivity index (χ1v) is 7.21. The summed E-state index contributed by atoms with van der Waals surface area (Å²) in [6, 6.07) is 16.4. The zero-order valence-electron chi connectivity index (χ0n) is 12.5. The number of hydrogen-bond donors (Lipinski definition) is 1. The van der Waals surface area contributed by atoms with Crippen molar-refractivity contribution in [2.24, 2.45) is 5.73 Å². The molecule has 0 amide bonds. The van der Waals surface area contributed by atoms with E-state index in [2.05, 4.69) is 37.3 Å². The van der Waals surface area contributed by atoms with Gasteiger partial charge in [0.25, 0.3) is 0 Å². The highest BCUT2D eigenvalue weighted by Crippen LogP contribution is 2.24. The third kappa shape index (κ3) is 3.61. The van der Waals surface area contributed by atoms with Crippen LogP contribution in [0.3, 0.4) is 0 Å². The van der Waals surface area contributed by atoms with Crippen molar-refractivity contribution in [1.82, 2.24) is 0 Å². The Morgan fingerprint density at radius 3 is 2.30 bits per heavy atom. The lowest BCUT2D eigenvalue weighted by Gasteiger charge is -2.16. The second-order valence-corrected chi connectivity index (χ2v) is 5.32. The molecule has 2 N–H and O–H groups in total. The Kier molecular flexibility index (Phi) is 4.80. The van der Waals surface area contributed by atoms with Crippen molar-refractivity contribution in [2.75, 3.05) is 0 Å². The SMILES string of the molecule is CCc1cccc(C(N)c2cccc(OC(C)C)c2)c1. The summed E-state index contributed by atoms with van der Waals surface area (Å²) in [7, 11) is 0. The second kappa shape index (κ2) is 6.58. The molecule has 0 saturated carbocycles. The van der Waals surface area contributed by atoms with Crippen molar-refractivity contribution in [3.05, 3.63) is 65.2 Å². The van der Waals surface area contributed by atoms with Crippen molar-refractivity contribution in [3.63, 3.8) is 0 Å². The smallest absolute Gasteiger partial charge is 0.120 e. The number of nitrogens with two attached hydrogens (primary N) is 1. The zero-order chi connectivity index (χ0) is 14.5. The minimum Gasteiger partial charge on any atom is -0.491 e. The molecule has 0 saturated heterocycles. The Balaban J connectivity index is 2.25. The molecule has 0 aliphatic rings. The predicted octanol–water partition coefficient (Wildman–Crippen LogP) is 4.08. The van der Waals surface area contributed by atoms with Crippen molar-refractivity contribution >= 4 is 0 Å². The minimum atomic E-state index is -0.114.